The molecule has 0 aromatic rings. The fourth-order valence-electron chi connectivity index (χ4n) is 3.41. The standard InChI is InChI=1S/C21H41N5O4.ClH/c1-16(2)14-18(20(28)24-17(3)21(29)30-4)25-19(27)15-26-12-6-10-22-8-5-9-23-11-7-13-26;/h16-18,22-23H,5-15H2,1-4H3,(H,24,28)(H,25,27);1H/t17-,18-;/m0./s1. The average molecular weight is 464 g/mol. The summed E-state index contributed by atoms with van der Waals surface area (Å²) in [5.74, 6) is -0.834. The van der Waals surface area contributed by atoms with Crippen LogP contribution in [0.4, 0.5) is 0 Å². The summed E-state index contributed by atoms with van der Waals surface area (Å²) in [5, 5.41) is 12.3. The van der Waals surface area contributed by atoms with Crippen LogP contribution in [0.15, 0.2) is 0 Å². The monoisotopic (exact) mass is 463 g/mol. The predicted molar refractivity (Wildman–Crippen MR) is 124 cm³/mol. The second-order valence-electron chi connectivity index (χ2n) is 8.34. The van der Waals surface area contributed by atoms with E-state index in [4.69, 9.17) is 0 Å². The lowest BCUT2D eigenvalue weighted by molar-refractivity contribution is -0.144. The number of esters is 1. The Hall–Kier alpha value is -1.42. The number of methoxy groups -OCH3 is 1. The SMILES string of the molecule is COC(=O)[C@H](C)NC(=O)[C@H](CC(C)C)NC(=O)CN1CCCNCCCNCCC1.Cl. The van der Waals surface area contributed by atoms with E-state index in [9.17, 15) is 14.4 Å². The average Bonchev–Trinajstić information content (AvgIpc) is 2.68. The van der Waals surface area contributed by atoms with Crippen molar-refractivity contribution in [2.75, 3.05) is 52.9 Å². The van der Waals surface area contributed by atoms with E-state index in [0.717, 1.165) is 58.5 Å². The van der Waals surface area contributed by atoms with Crippen LogP contribution in [-0.4, -0.2) is 87.7 Å². The van der Waals surface area contributed by atoms with Crippen molar-refractivity contribution in [1.82, 2.24) is 26.2 Å². The summed E-state index contributed by atoms with van der Waals surface area (Å²) >= 11 is 0. The zero-order valence-corrected chi connectivity index (χ0v) is 20.3. The number of hydrogen-bond acceptors (Lipinski definition) is 7. The Morgan fingerprint density at radius 3 is 2.00 bits per heavy atom. The molecule has 1 aliphatic heterocycles. The van der Waals surface area contributed by atoms with Crippen molar-refractivity contribution in [3.05, 3.63) is 0 Å². The molecule has 0 spiro atoms. The third-order valence-corrected chi connectivity index (χ3v) is 5.00. The Labute approximate surface area is 193 Å². The first-order chi connectivity index (χ1) is 14.3. The van der Waals surface area contributed by atoms with Gasteiger partial charge in [0, 0.05) is 0 Å². The van der Waals surface area contributed by atoms with Gasteiger partial charge in [0.05, 0.1) is 13.7 Å². The fourth-order valence-corrected chi connectivity index (χ4v) is 3.41. The summed E-state index contributed by atoms with van der Waals surface area (Å²) in [5.41, 5.74) is 0. The van der Waals surface area contributed by atoms with E-state index in [1.807, 2.05) is 13.8 Å². The minimum Gasteiger partial charge on any atom is -0.467 e. The first-order valence-corrected chi connectivity index (χ1v) is 11.1. The molecule has 182 valence electrons. The van der Waals surface area contributed by atoms with Crippen molar-refractivity contribution in [1.29, 1.82) is 0 Å². The Kier molecular flexibility index (Phi) is 16.4. The summed E-state index contributed by atoms with van der Waals surface area (Å²) in [7, 11) is 1.28. The number of rotatable bonds is 8. The highest BCUT2D eigenvalue weighted by atomic mass is 35.5. The van der Waals surface area contributed by atoms with E-state index >= 15 is 0 Å². The third kappa shape index (κ3) is 13.6. The summed E-state index contributed by atoms with van der Waals surface area (Å²) < 4.78 is 4.66. The number of nitrogens with zero attached hydrogens (tertiary/aromatic N) is 1. The lowest BCUT2D eigenvalue weighted by Crippen LogP contribution is -2.53. The van der Waals surface area contributed by atoms with Gasteiger partial charge in [-0.25, -0.2) is 4.79 Å². The number of carbonyl (C=O) groups excluding carboxylic acids is 3. The third-order valence-electron chi connectivity index (χ3n) is 5.00. The molecule has 9 nitrogen and oxygen atoms in total. The zero-order chi connectivity index (χ0) is 22.4. The molecule has 1 heterocycles. The molecule has 0 radical (unpaired) electrons. The van der Waals surface area contributed by atoms with Gasteiger partial charge in [-0.15, -0.1) is 12.4 Å². The normalized spacial score (nSPS) is 18.5. The molecule has 4 N–H and O–H groups in total. The number of halogens is 1. The van der Waals surface area contributed by atoms with Crippen LogP contribution >= 0.6 is 12.4 Å². The minimum absolute atomic E-state index is 0. The zero-order valence-electron chi connectivity index (χ0n) is 19.5. The highest BCUT2D eigenvalue weighted by molar-refractivity contribution is 5.91. The van der Waals surface area contributed by atoms with Crippen LogP contribution in [0.1, 0.15) is 46.5 Å². The summed E-state index contributed by atoms with van der Waals surface area (Å²) in [6.07, 6.45) is 3.58. The molecular formula is C21H42ClN5O4. The Balaban J connectivity index is 0.00000900. The highest BCUT2D eigenvalue weighted by Gasteiger charge is 2.26. The lowest BCUT2D eigenvalue weighted by Gasteiger charge is -2.25. The first-order valence-electron chi connectivity index (χ1n) is 11.1. The van der Waals surface area contributed by atoms with E-state index in [2.05, 4.69) is 30.9 Å². The molecule has 1 fully saturated rings. The van der Waals surface area contributed by atoms with E-state index in [1.165, 1.54) is 7.11 Å². The molecule has 10 heteroatoms. The van der Waals surface area contributed by atoms with Crippen LogP contribution in [-0.2, 0) is 19.1 Å². The molecular weight excluding hydrogens is 422 g/mol. The molecule has 1 saturated heterocycles. The van der Waals surface area contributed by atoms with Gasteiger partial charge in [0.15, 0.2) is 0 Å². The summed E-state index contributed by atoms with van der Waals surface area (Å²) in [6, 6.07) is -1.44. The Bertz CT molecular complexity index is 524. The second-order valence-corrected chi connectivity index (χ2v) is 8.34. The number of ether oxygens (including phenoxy) is 1. The van der Waals surface area contributed by atoms with Gasteiger partial charge in [0.25, 0.3) is 0 Å². The highest BCUT2D eigenvalue weighted by Crippen LogP contribution is 2.06. The number of nitrogens with one attached hydrogen (secondary N) is 4. The molecule has 0 aromatic heterocycles. The molecule has 0 aromatic carbocycles. The van der Waals surface area contributed by atoms with Crippen LogP contribution < -0.4 is 21.3 Å². The first kappa shape index (κ1) is 29.6. The quantitative estimate of drug-likeness (QED) is 0.382. The fraction of sp³-hybridized carbons (Fsp3) is 0.857. The van der Waals surface area contributed by atoms with Crippen molar-refractivity contribution in [2.24, 2.45) is 5.92 Å². The van der Waals surface area contributed by atoms with E-state index in [1.54, 1.807) is 6.92 Å². The van der Waals surface area contributed by atoms with Gasteiger partial charge in [-0.3, -0.25) is 14.5 Å². The largest absolute Gasteiger partial charge is 0.467 e. The van der Waals surface area contributed by atoms with Gasteiger partial charge in [-0.2, -0.15) is 0 Å². The molecule has 0 aliphatic carbocycles. The van der Waals surface area contributed by atoms with Crippen LogP contribution in [0.2, 0.25) is 0 Å². The minimum atomic E-state index is -0.760. The van der Waals surface area contributed by atoms with Crippen molar-refractivity contribution in [2.45, 2.75) is 58.5 Å². The van der Waals surface area contributed by atoms with Crippen molar-refractivity contribution in [3.63, 3.8) is 0 Å². The predicted octanol–water partition coefficient (Wildman–Crippen LogP) is 0.282. The van der Waals surface area contributed by atoms with Crippen molar-refractivity contribution < 1.29 is 19.1 Å². The van der Waals surface area contributed by atoms with Crippen LogP contribution in [0.5, 0.6) is 0 Å². The maximum absolute atomic E-state index is 12.7. The Morgan fingerprint density at radius 1 is 0.935 bits per heavy atom. The number of amides is 2. The molecule has 0 bridgehead atoms. The van der Waals surface area contributed by atoms with E-state index < -0.39 is 18.1 Å². The van der Waals surface area contributed by atoms with Crippen LogP contribution in [0.3, 0.4) is 0 Å². The topological polar surface area (TPSA) is 112 Å². The van der Waals surface area contributed by atoms with Crippen LogP contribution in [0.25, 0.3) is 0 Å². The number of carbonyl (C=O) groups is 3. The smallest absolute Gasteiger partial charge is 0.328 e. The molecule has 2 amide bonds. The van der Waals surface area contributed by atoms with Gasteiger partial charge in [-0.05, 0) is 77.8 Å². The summed E-state index contributed by atoms with van der Waals surface area (Å²) in [4.78, 5) is 39.1. The van der Waals surface area contributed by atoms with E-state index in [-0.39, 0.29) is 36.7 Å². The maximum atomic E-state index is 12.7. The molecule has 1 aliphatic rings. The lowest BCUT2D eigenvalue weighted by atomic mass is 10.0. The molecule has 31 heavy (non-hydrogen) atoms. The Morgan fingerprint density at radius 2 is 1.48 bits per heavy atom. The van der Waals surface area contributed by atoms with Gasteiger partial charge in [0.2, 0.25) is 11.8 Å². The molecule has 0 unspecified atom stereocenters. The number of hydrogen-bond donors (Lipinski definition) is 4. The molecule has 1 rings (SSSR count). The molecule has 0 saturated carbocycles. The van der Waals surface area contributed by atoms with Gasteiger partial charge in [-0.1, -0.05) is 13.8 Å². The van der Waals surface area contributed by atoms with Gasteiger partial charge in [0.1, 0.15) is 12.1 Å². The van der Waals surface area contributed by atoms with Crippen molar-refractivity contribution in [3.8, 4) is 0 Å². The molecule has 2 atom stereocenters. The second kappa shape index (κ2) is 17.2. The van der Waals surface area contributed by atoms with E-state index in [0.29, 0.717) is 6.42 Å². The van der Waals surface area contributed by atoms with Gasteiger partial charge < -0.3 is 26.0 Å². The summed E-state index contributed by atoms with van der Waals surface area (Å²) in [6.45, 7) is 11.3. The maximum Gasteiger partial charge on any atom is 0.328 e. The van der Waals surface area contributed by atoms with Crippen LogP contribution in [0, 0.1) is 5.92 Å². The van der Waals surface area contributed by atoms with Gasteiger partial charge >= 0.3 is 5.97 Å². The van der Waals surface area contributed by atoms with Crippen molar-refractivity contribution >= 4 is 30.2 Å².